The fourth-order valence-corrected chi connectivity index (χ4v) is 1.22. The molecule has 3 heteroatoms. The molecule has 0 aliphatic rings. The lowest BCUT2D eigenvalue weighted by molar-refractivity contribution is 0.233. The summed E-state index contributed by atoms with van der Waals surface area (Å²) in [6.07, 6.45) is 0. The number of nitrogens with one attached hydrogen (secondary N) is 1. The zero-order valence-electron chi connectivity index (χ0n) is 8.90. The quantitative estimate of drug-likeness (QED) is 0.759. The molecule has 2 N–H and O–H groups in total. The van der Waals surface area contributed by atoms with Gasteiger partial charge in [-0.05, 0) is 23.6 Å². The minimum Gasteiger partial charge on any atom is -0.396 e. The van der Waals surface area contributed by atoms with E-state index in [4.69, 9.17) is 10.4 Å². The van der Waals surface area contributed by atoms with Crippen molar-refractivity contribution in [2.45, 2.75) is 13.5 Å². The molecule has 0 radical (unpaired) electrons. The van der Waals surface area contributed by atoms with E-state index in [-0.39, 0.29) is 12.5 Å². The van der Waals surface area contributed by atoms with E-state index in [0.717, 1.165) is 18.7 Å². The summed E-state index contributed by atoms with van der Waals surface area (Å²) in [6, 6.07) is 9.59. The highest BCUT2D eigenvalue weighted by atomic mass is 16.3. The summed E-state index contributed by atoms with van der Waals surface area (Å²) in [5, 5.41) is 20.7. The van der Waals surface area contributed by atoms with E-state index in [1.165, 1.54) is 0 Å². The summed E-state index contributed by atoms with van der Waals surface area (Å²) in [6.45, 7) is 3.78. The van der Waals surface area contributed by atoms with Crippen LogP contribution < -0.4 is 5.32 Å². The number of nitrogens with zero attached hydrogens (tertiary/aromatic N) is 1. The van der Waals surface area contributed by atoms with Crippen LogP contribution in [0.2, 0.25) is 0 Å². The van der Waals surface area contributed by atoms with Gasteiger partial charge in [0.15, 0.2) is 0 Å². The highest BCUT2D eigenvalue weighted by Crippen LogP contribution is 2.03. The van der Waals surface area contributed by atoms with Crippen molar-refractivity contribution >= 4 is 0 Å². The predicted molar refractivity (Wildman–Crippen MR) is 59.1 cm³/mol. The zero-order valence-corrected chi connectivity index (χ0v) is 8.90. The van der Waals surface area contributed by atoms with E-state index >= 15 is 0 Å². The minimum absolute atomic E-state index is 0.209. The Balaban J connectivity index is 2.35. The van der Waals surface area contributed by atoms with Crippen molar-refractivity contribution in [3.05, 3.63) is 35.4 Å². The molecule has 0 spiro atoms. The van der Waals surface area contributed by atoms with E-state index in [1.807, 2.05) is 31.2 Å². The summed E-state index contributed by atoms with van der Waals surface area (Å²) in [4.78, 5) is 0. The molecular weight excluding hydrogens is 188 g/mol. The van der Waals surface area contributed by atoms with Crippen LogP contribution in [0.5, 0.6) is 0 Å². The molecule has 0 amide bonds. The molecule has 3 nitrogen and oxygen atoms in total. The van der Waals surface area contributed by atoms with Gasteiger partial charge < -0.3 is 10.4 Å². The Morgan fingerprint density at radius 1 is 1.40 bits per heavy atom. The summed E-state index contributed by atoms with van der Waals surface area (Å²) in [7, 11) is 0. The van der Waals surface area contributed by atoms with Gasteiger partial charge in [-0.25, -0.2) is 0 Å². The number of aliphatic hydroxyl groups excluding tert-OH is 1. The molecule has 0 aliphatic heterocycles. The molecule has 0 bridgehead atoms. The Kier molecular flexibility index (Phi) is 4.82. The normalized spacial score (nSPS) is 12.1. The summed E-state index contributed by atoms with van der Waals surface area (Å²) in [5.41, 5.74) is 1.83. The van der Waals surface area contributed by atoms with Gasteiger partial charge in [-0.2, -0.15) is 5.26 Å². The lowest BCUT2D eigenvalue weighted by atomic mass is 10.1. The maximum atomic E-state index is 8.82. The third-order valence-corrected chi connectivity index (χ3v) is 2.22. The Bertz CT molecular complexity index is 326. The Hall–Kier alpha value is -1.37. The summed E-state index contributed by atoms with van der Waals surface area (Å²) < 4.78 is 0. The van der Waals surface area contributed by atoms with Crippen molar-refractivity contribution in [2.75, 3.05) is 13.2 Å². The maximum Gasteiger partial charge on any atom is 0.0991 e. The van der Waals surface area contributed by atoms with Crippen molar-refractivity contribution in [1.29, 1.82) is 5.26 Å². The highest BCUT2D eigenvalue weighted by molar-refractivity contribution is 5.31. The number of benzene rings is 1. The minimum atomic E-state index is 0.209. The monoisotopic (exact) mass is 204 g/mol. The molecule has 0 fully saturated rings. The lowest BCUT2D eigenvalue weighted by Crippen LogP contribution is -2.22. The molecule has 1 rings (SSSR count). The Morgan fingerprint density at radius 2 is 2.07 bits per heavy atom. The second kappa shape index (κ2) is 6.18. The molecule has 1 unspecified atom stereocenters. The van der Waals surface area contributed by atoms with E-state index in [9.17, 15) is 0 Å². The third kappa shape index (κ3) is 4.11. The number of hydrogen-bond acceptors (Lipinski definition) is 3. The number of hydrogen-bond donors (Lipinski definition) is 2. The van der Waals surface area contributed by atoms with Crippen LogP contribution in [0.3, 0.4) is 0 Å². The fraction of sp³-hybridized carbons (Fsp3) is 0.417. The first-order valence-electron chi connectivity index (χ1n) is 5.07. The van der Waals surface area contributed by atoms with Crippen molar-refractivity contribution in [2.24, 2.45) is 5.92 Å². The predicted octanol–water partition coefficient (Wildman–Crippen LogP) is 1.28. The van der Waals surface area contributed by atoms with Gasteiger partial charge in [-0.15, -0.1) is 0 Å². The summed E-state index contributed by atoms with van der Waals surface area (Å²) in [5.74, 6) is 0.281. The highest BCUT2D eigenvalue weighted by Gasteiger charge is 1.99. The van der Waals surface area contributed by atoms with Crippen LogP contribution in [0.25, 0.3) is 0 Å². The topological polar surface area (TPSA) is 56.0 Å². The molecule has 1 aromatic carbocycles. The molecule has 80 valence electrons. The van der Waals surface area contributed by atoms with Crippen molar-refractivity contribution in [3.63, 3.8) is 0 Å². The van der Waals surface area contributed by atoms with Gasteiger partial charge in [-0.1, -0.05) is 19.1 Å². The Labute approximate surface area is 90.4 Å². The first kappa shape index (κ1) is 11.7. The molecule has 0 aromatic heterocycles. The fourth-order valence-electron chi connectivity index (χ4n) is 1.22. The van der Waals surface area contributed by atoms with E-state index < -0.39 is 0 Å². The molecule has 1 aromatic rings. The molecule has 0 saturated carbocycles. The lowest BCUT2D eigenvalue weighted by Gasteiger charge is -2.09. The van der Waals surface area contributed by atoms with Gasteiger partial charge in [0, 0.05) is 19.7 Å². The number of rotatable bonds is 5. The van der Waals surface area contributed by atoms with Crippen LogP contribution in [0.15, 0.2) is 24.3 Å². The average Bonchev–Trinajstić information content (AvgIpc) is 2.29. The Morgan fingerprint density at radius 3 is 2.60 bits per heavy atom. The van der Waals surface area contributed by atoms with Crippen LogP contribution in [0.4, 0.5) is 0 Å². The maximum absolute atomic E-state index is 8.82. The standard InChI is InChI=1S/C12H16N2O/c1-10(9-15)7-14-8-12-4-2-11(6-13)3-5-12/h2-5,10,14-15H,7-9H2,1H3. The van der Waals surface area contributed by atoms with Crippen LogP contribution in [-0.4, -0.2) is 18.3 Å². The van der Waals surface area contributed by atoms with Crippen molar-refractivity contribution < 1.29 is 5.11 Å². The van der Waals surface area contributed by atoms with E-state index in [0.29, 0.717) is 5.56 Å². The van der Waals surface area contributed by atoms with Crippen LogP contribution in [0.1, 0.15) is 18.1 Å². The number of aliphatic hydroxyl groups is 1. The second-order valence-corrected chi connectivity index (χ2v) is 3.73. The molecule has 15 heavy (non-hydrogen) atoms. The zero-order chi connectivity index (χ0) is 11.1. The number of nitriles is 1. The molecule has 1 atom stereocenters. The van der Waals surface area contributed by atoms with E-state index in [1.54, 1.807) is 0 Å². The van der Waals surface area contributed by atoms with Crippen LogP contribution >= 0.6 is 0 Å². The van der Waals surface area contributed by atoms with Crippen LogP contribution in [0, 0.1) is 17.2 Å². The molecule has 0 heterocycles. The summed E-state index contributed by atoms with van der Waals surface area (Å²) >= 11 is 0. The van der Waals surface area contributed by atoms with E-state index in [2.05, 4.69) is 11.4 Å². The van der Waals surface area contributed by atoms with Gasteiger partial charge >= 0.3 is 0 Å². The smallest absolute Gasteiger partial charge is 0.0991 e. The molecule has 0 aliphatic carbocycles. The SMILES string of the molecule is CC(CO)CNCc1ccc(C#N)cc1. The molecule has 0 saturated heterocycles. The van der Waals surface area contributed by atoms with Crippen molar-refractivity contribution in [1.82, 2.24) is 5.32 Å². The van der Waals surface area contributed by atoms with Crippen molar-refractivity contribution in [3.8, 4) is 6.07 Å². The first-order chi connectivity index (χ1) is 7.26. The third-order valence-electron chi connectivity index (χ3n) is 2.22. The molecular formula is C12H16N2O. The van der Waals surface area contributed by atoms with Gasteiger partial charge in [0.2, 0.25) is 0 Å². The van der Waals surface area contributed by atoms with Gasteiger partial charge in [0.25, 0.3) is 0 Å². The first-order valence-corrected chi connectivity index (χ1v) is 5.07. The average molecular weight is 204 g/mol. The van der Waals surface area contributed by atoms with Gasteiger partial charge in [-0.3, -0.25) is 0 Å². The van der Waals surface area contributed by atoms with Crippen LogP contribution in [-0.2, 0) is 6.54 Å². The van der Waals surface area contributed by atoms with Gasteiger partial charge in [0.1, 0.15) is 0 Å². The largest absolute Gasteiger partial charge is 0.396 e. The second-order valence-electron chi connectivity index (χ2n) is 3.73. The van der Waals surface area contributed by atoms with Gasteiger partial charge in [0.05, 0.1) is 11.6 Å².